The largest absolute Gasteiger partial charge is 0.392 e. The second-order valence-electron chi connectivity index (χ2n) is 7.27. The molecule has 1 saturated heterocycles. The number of benzene rings is 1. The molecule has 2 fully saturated rings. The number of ether oxygens (including phenoxy) is 2. The van der Waals surface area contributed by atoms with Crippen molar-refractivity contribution in [2.24, 2.45) is 11.8 Å². The van der Waals surface area contributed by atoms with E-state index < -0.39 is 12.4 Å². The zero-order chi connectivity index (χ0) is 18.1. The van der Waals surface area contributed by atoms with Gasteiger partial charge in [-0.2, -0.15) is 0 Å². The van der Waals surface area contributed by atoms with Crippen LogP contribution in [0.4, 0.5) is 0 Å². The Morgan fingerprint density at radius 2 is 2.00 bits per heavy atom. The van der Waals surface area contributed by atoms with Gasteiger partial charge in [0.1, 0.15) is 6.33 Å². The number of aliphatic hydroxyl groups is 2. The Morgan fingerprint density at radius 1 is 1.19 bits per heavy atom. The molecular weight excluding hydrogens is 332 g/mol. The first-order valence-corrected chi connectivity index (χ1v) is 9.06. The molecule has 6 heteroatoms. The standard InChI is InChI=1S/C20H24N2O4/c1-12-6-17(22-11-21-12)8-15-7-16-10-25-20(26-19(16)18(15)24)14-4-2-13(9-23)3-5-14/h2-6,11,15-16,18-20,23-24H,7-10H2,1H3/t15-,16-,18-,19+,20?/m0/s1. The molecule has 0 spiro atoms. The molecule has 0 bridgehead atoms. The summed E-state index contributed by atoms with van der Waals surface area (Å²) in [5.41, 5.74) is 3.65. The van der Waals surface area contributed by atoms with Gasteiger partial charge in [-0.1, -0.05) is 24.3 Å². The molecule has 1 aromatic heterocycles. The molecule has 26 heavy (non-hydrogen) atoms. The molecule has 6 nitrogen and oxygen atoms in total. The van der Waals surface area contributed by atoms with E-state index in [1.807, 2.05) is 37.3 Å². The van der Waals surface area contributed by atoms with Gasteiger partial charge in [0.2, 0.25) is 0 Å². The van der Waals surface area contributed by atoms with E-state index >= 15 is 0 Å². The van der Waals surface area contributed by atoms with Gasteiger partial charge in [0.25, 0.3) is 0 Å². The van der Waals surface area contributed by atoms with Gasteiger partial charge < -0.3 is 19.7 Å². The Morgan fingerprint density at radius 3 is 2.73 bits per heavy atom. The summed E-state index contributed by atoms with van der Waals surface area (Å²) in [6, 6.07) is 9.49. The summed E-state index contributed by atoms with van der Waals surface area (Å²) < 4.78 is 12.0. The van der Waals surface area contributed by atoms with E-state index in [-0.39, 0.29) is 24.5 Å². The van der Waals surface area contributed by atoms with Crippen LogP contribution < -0.4 is 0 Å². The Kier molecular flexibility index (Phi) is 5.00. The van der Waals surface area contributed by atoms with Gasteiger partial charge in [0.15, 0.2) is 6.29 Å². The first kappa shape index (κ1) is 17.5. The number of hydrogen-bond donors (Lipinski definition) is 2. The molecule has 2 aromatic rings. The van der Waals surface area contributed by atoms with Crippen molar-refractivity contribution < 1.29 is 19.7 Å². The number of fused-ring (bicyclic) bond motifs is 1. The molecule has 138 valence electrons. The third-order valence-corrected chi connectivity index (χ3v) is 5.40. The van der Waals surface area contributed by atoms with Crippen molar-refractivity contribution in [3.05, 3.63) is 59.2 Å². The van der Waals surface area contributed by atoms with Crippen LogP contribution in [0, 0.1) is 18.8 Å². The van der Waals surface area contributed by atoms with Crippen molar-refractivity contribution in [1.82, 2.24) is 9.97 Å². The van der Waals surface area contributed by atoms with E-state index in [9.17, 15) is 5.11 Å². The summed E-state index contributed by atoms with van der Waals surface area (Å²) >= 11 is 0. The van der Waals surface area contributed by atoms with Gasteiger partial charge in [0, 0.05) is 22.9 Å². The minimum Gasteiger partial charge on any atom is -0.392 e. The van der Waals surface area contributed by atoms with Crippen LogP contribution in [-0.2, 0) is 22.5 Å². The van der Waals surface area contributed by atoms with Crippen LogP contribution in [0.3, 0.4) is 0 Å². The van der Waals surface area contributed by atoms with Gasteiger partial charge in [-0.15, -0.1) is 0 Å². The summed E-state index contributed by atoms with van der Waals surface area (Å²) in [4.78, 5) is 8.45. The summed E-state index contributed by atoms with van der Waals surface area (Å²) in [5, 5.41) is 20.0. The maximum atomic E-state index is 10.8. The number of nitrogens with zero attached hydrogens (tertiary/aromatic N) is 2. The van der Waals surface area contributed by atoms with Crippen LogP contribution >= 0.6 is 0 Å². The number of aryl methyl sites for hydroxylation is 1. The second-order valence-corrected chi connectivity index (χ2v) is 7.27. The third-order valence-electron chi connectivity index (χ3n) is 5.40. The Balaban J connectivity index is 1.43. The van der Waals surface area contributed by atoms with E-state index in [0.717, 1.165) is 35.4 Å². The summed E-state index contributed by atoms with van der Waals surface area (Å²) in [7, 11) is 0. The smallest absolute Gasteiger partial charge is 0.184 e. The van der Waals surface area contributed by atoms with E-state index in [2.05, 4.69) is 9.97 Å². The van der Waals surface area contributed by atoms with Crippen LogP contribution in [0.15, 0.2) is 36.7 Å². The van der Waals surface area contributed by atoms with Crippen molar-refractivity contribution in [2.45, 2.75) is 44.9 Å². The maximum absolute atomic E-state index is 10.8. The summed E-state index contributed by atoms with van der Waals surface area (Å²) in [6.07, 6.45) is 1.93. The third kappa shape index (κ3) is 3.50. The Labute approximate surface area is 152 Å². The molecule has 1 aliphatic carbocycles. The van der Waals surface area contributed by atoms with Crippen LogP contribution in [0.5, 0.6) is 0 Å². The second kappa shape index (κ2) is 7.40. The molecule has 0 amide bonds. The van der Waals surface area contributed by atoms with Crippen molar-refractivity contribution in [2.75, 3.05) is 6.61 Å². The highest BCUT2D eigenvalue weighted by molar-refractivity contribution is 5.23. The molecular formula is C20H24N2O4. The lowest BCUT2D eigenvalue weighted by Crippen LogP contribution is -2.39. The van der Waals surface area contributed by atoms with Crippen LogP contribution in [0.1, 0.15) is 35.2 Å². The zero-order valence-electron chi connectivity index (χ0n) is 14.8. The van der Waals surface area contributed by atoms with E-state index in [1.165, 1.54) is 0 Å². The molecule has 0 radical (unpaired) electrons. The average molecular weight is 356 g/mol. The first-order valence-electron chi connectivity index (χ1n) is 9.06. The fourth-order valence-corrected chi connectivity index (χ4v) is 4.01. The SMILES string of the molecule is Cc1cc(C[C@@H]2C[C@H]3COC(c4ccc(CO)cc4)O[C@H]3[C@H]2O)ncn1. The normalized spacial score (nSPS) is 31.0. The van der Waals surface area contributed by atoms with Crippen molar-refractivity contribution in [3.63, 3.8) is 0 Å². The number of aromatic nitrogens is 2. The van der Waals surface area contributed by atoms with E-state index in [0.29, 0.717) is 6.61 Å². The first-order chi connectivity index (χ1) is 12.6. The van der Waals surface area contributed by atoms with Crippen molar-refractivity contribution >= 4 is 0 Å². The fraction of sp³-hybridized carbons (Fsp3) is 0.500. The Bertz CT molecular complexity index is 752. The molecule has 1 aromatic carbocycles. The van der Waals surface area contributed by atoms with Gasteiger partial charge >= 0.3 is 0 Å². The number of aliphatic hydroxyl groups excluding tert-OH is 2. The molecule has 1 unspecified atom stereocenters. The Hall–Kier alpha value is -1.86. The molecule has 2 aliphatic rings. The number of hydrogen-bond acceptors (Lipinski definition) is 6. The van der Waals surface area contributed by atoms with Crippen molar-refractivity contribution in [3.8, 4) is 0 Å². The molecule has 2 heterocycles. The maximum Gasteiger partial charge on any atom is 0.184 e. The van der Waals surface area contributed by atoms with Gasteiger partial charge in [-0.25, -0.2) is 9.97 Å². The predicted octanol–water partition coefficient (Wildman–Crippen LogP) is 1.93. The highest BCUT2D eigenvalue weighted by atomic mass is 16.7. The highest BCUT2D eigenvalue weighted by Gasteiger charge is 2.47. The molecule has 2 N–H and O–H groups in total. The lowest BCUT2D eigenvalue weighted by atomic mass is 9.98. The molecule has 1 saturated carbocycles. The molecule has 1 aliphatic heterocycles. The zero-order valence-corrected chi connectivity index (χ0v) is 14.8. The topological polar surface area (TPSA) is 84.7 Å². The van der Waals surface area contributed by atoms with Crippen LogP contribution in [0.2, 0.25) is 0 Å². The van der Waals surface area contributed by atoms with E-state index in [1.54, 1.807) is 6.33 Å². The summed E-state index contributed by atoms with van der Waals surface area (Å²) in [5.74, 6) is 0.310. The average Bonchev–Trinajstić information content (AvgIpc) is 2.97. The number of rotatable bonds is 4. The van der Waals surface area contributed by atoms with Crippen LogP contribution in [-0.4, -0.2) is 39.0 Å². The minimum absolute atomic E-state index is 0.0142. The highest BCUT2D eigenvalue weighted by Crippen LogP contribution is 2.42. The molecule has 5 atom stereocenters. The van der Waals surface area contributed by atoms with Gasteiger partial charge in [-0.3, -0.25) is 0 Å². The lowest BCUT2D eigenvalue weighted by Gasteiger charge is -2.34. The van der Waals surface area contributed by atoms with E-state index in [4.69, 9.17) is 14.6 Å². The monoisotopic (exact) mass is 356 g/mol. The quantitative estimate of drug-likeness (QED) is 0.871. The van der Waals surface area contributed by atoms with Gasteiger partial charge in [0.05, 0.1) is 25.4 Å². The summed E-state index contributed by atoms with van der Waals surface area (Å²) in [6.45, 7) is 2.54. The predicted molar refractivity (Wildman–Crippen MR) is 94.0 cm³/mol. The fourth-order valence-electron chi connectivity index (χ4n) is 4.01. The molecule has 4 rings (SSSR count). The van der Waals surface area contributed by atoms with Gasteiger partial charge in [-0.05, 0) is 37.3 Å². The van der Waals surface area contributed by atoms with Crippen LogP contribution in [0.25, 0.3) is 0 Å². The minimum atomic E-state index is -0.529. The lowest BCUT2D eigenvalue weighted by molar-refractivity contribution is -0.249. The van der Waals surface area contributed by atoms with Crippen molar-refractivity contribution in [1.29, 1.82) is 0 Å².